The first-order chi connectivity index (χ1) is 9.44. The molecule has 0 bridgehead atoms. The lowest BCUT2D eigenvalue weighted by Gasteiger charge is -2.29. The highest BCUT2D eigenvalue weighted by Crippen LogP contribution is 2.25. The van der Waals surface area contributed by atoms with E-state index in [0.717, 1.165) is 0 Å². The van der Waals surface area contributed by atoms with Crippen LogP contribution in [0.3, 0.4) is 0 Å². The second kappa shape index (κ2) is 6.84. The van der Waals surface area contributed by atoms with Crippen molar-refractivity contribution >= 4 is 10.0 Å². The van der Waals surface area contributed by atoms with Crippen molar-refractivity contribution in [1.82, 2.24) is 4.72 Å². The van der Waals surface area contributed by atoms with E-state index in [1.54, 1.807) is 12.1 Å². The molecule has 0 spiro atoms. The highest BCUT2D eigenvalue weighted by atomic mass is 32.2. The summed E-state index contributed by atoms with van der Waals surface area (Å²) in [5.41, 5.74) is -0.350. The van der Waals surface area contributed by atoms with Crippen molar-refractivity contribution in [2.24, 2.45) is 5.41 Å². The molecule has 0 heterocycles. The van der Waals surface area contributed by atoms with Crippen LogP contribution in [0.1, 0.15) is 32.3 Å². The minimum Gasteiger partial charge on any atom is -0.396 e. The highest BCUT2D eigenvalue weighted by Gasteiger charge is 2.28. The SMILES string of the molecule is CCC(CC)(CO)CNS(=O)(=O)c1ccccc1C#N. The van der Waals surface area contributed by atoms with Crippen LogP contribution in [-0.2, 0) is 10.0 Å². The molecule has 5 nitrogen and oxygen atoms in total. The molecule has 20 heavy (non-hydrogen) atoms. The molecule has 0 amide bonds. The Labute approximate surface area is 120 Å². The van der Waals surface area contributed by atoms with Gasteiger partial charge in [-0.15, -0.1) is 0 Å². The van der Waals surface area contributed by atoms with Gasteiger partial charge in [0.15, 0.2) is 0 Å². The molecule has 2 N–H and O–H groups in total. The van der Waals surface area contributed by atoms with Gasteiger partial charge in [0.2, 0.25) is 10.0 Å². The zero-order chi connectivity index (χ0) is 15.2. The topological polar surface area (TPSA) is 90.2 Å². The Morgan fingerprint density at radius 2 is 1.90 bits per heavy atom. The number of rotatable bonds is 7. The number of benzene rings is 1. The van der Waals surface area contributed by atoms with Crippen LogP contribution in [0.2, 0.25) is 0 Å². The normalized spacial score (nSPS) is 12.1. The fourth-order valence-electron chi connectivity index (χ4n) is 1.90. The van der Waals surface area contributed by atoms with Crippen molar-refractivity contribution in [3.63, 3.8) is 0 Å². The van der Waals surface area contributed by atoms with Gasteiger partial charge in [0.05, 0.1) is 10.5 Å². The van der Waals surface area contributed by atoms with E-state index in [2.05, 4.69) is 4.72 Å². The number of nitriles is 1. The Bertz CT molecular complexity index is 578. The Balaban J connectivity index is 3.00. The molecule has 0 unspecified atom stereocenters. The fourth-order valence-corrected chi connectivity index (χ4v) is 3.21. The van der Waals surface area contributed by atoms with Gasteiger partial charge in [-0.2, -0.15) is 5.26 Å². The van der Waals surface area contributed by atoms with Gasteiger partial charge in [-0.25, -0.2) is 13.1 Å². The predicted octanol–water partition coefficient (Wildman–Crippen LogP) is 1.64. The maximum Gasteiger partial charge on any atom is 0.241 e. The van der Waals surface area contributed by atoms with E-state index >= 15 is 0 Å². The smallest absolute Gasteiger partial charge is 0.241 e. The van der Waals surface area contributed by atoms with E-state index in [-0.39, 0.29) is 23.6 Å². The van der Waals surface area contributed by atoms with Crippen LogP contribution in [0.25, 0.3) is 0 Å². The van der Waals surface area contributed by atoms with Crippen molar-refractivity contribution < 1.29 is 13.5 Å². The molecule has 1 aromatic carbocycles. The monoisotopic (exact) mass is 296 g/mol. The second-order valence-corrected chi connectivity index (χ2v) is 6.53. The van der Waals surface area contributed by atoms with E-state index in [1.807, 2.05) is 19.9 Å². The summed E-state index contributed by atoms with van der Waals surface area (Å²) in [6, 6.07) is 7.94. The van der Waals surface area contributed by atoms with Gasteiger partial charge in [-0.1, -0.05) is 26.0 Å². The number of aliphatic hydroxyl groups is 1. The minimum absolute atomic E-state index is 0.0263. The van der Waals surface area contributed by atoms with Crippen molar-refractivity contribution in [1.29, 1.82) is 5.26 Å². The molecule has 0 aliphatic heterocycles. The Morgan fingerprint density at radius 3 is 2.40 bits per heavy atom. The fraction of sp³-hybridized carbons (Fsp3) is 0.500. The van der Waals surface area contributed by atoms with Crippen LogP contribution in [0, 0.1) is 16.7 Å². The number of hydrogen-bond acceptors (Lipinski definition) is 4. The van der Waals surface area contributed by atoms with Crippen LogP contribution in [0.4, 0.5) is 0 Å². The zero-order valence-corrected chi connectivity index (χ0v) is 12.6. The number of nitrogens with one attached hydrogen (secondary N) is 1. The Hall–Kier alpha value is -1.42. The number of nitrogens with zero attached hydrogens (tertiary/aromatic N) is 1. The number of hydrogen-bond donors (Lipinski definition) is 2. The van der Waals surface area contributed by atoms with Gasteiger partial charge in [0, 0.05) is 18.6 Å². The van der Waals surface area contributed by atoms with Crippen LogP contribution < -0.4 is 4.72 Å². The summed E-state index contributed by atoms with van der Waals surface area (Å²) < 4.78 is 27.0. The van der Waals surface area contributed by atoms with E-state index < -0.39 is 15.4 Å². The summed E-state index contributed by atoms with van der Waals surface area (Å²) >= 11 is 0. The predicted molar refractivity (Wildman–Crippen MR) is 76.4 cm³/mol. The van der Waals surface area contributed by atoms with Gasteiger partial charge in [-0.3, -0.25) is 0 Å². The average molecular weight is 296 g/mol. The number of aliphatic hydroxyl groups excluding tert-OH is 1. The maximum atomic E-state index is 12.3. The first-order valence-corrected chi connectivity index (χ1v) is 8.02. The largest absolute Gasteiger partial charge is 0.396 e. The summed E-state index contributed by atoms with van der Waals surface area (Å²) in [5, 5.41) is 18.4. The summed E-state index contributed by atoms with van der Waals surface area (Å²) in [6.45, 7) is 3.90. The maximum absolute atomic E-state index is 12.3. The van der Waals surface area contributed by atoms with Crippen molar-refractivity contribution in [2.75, 3.05) is 13.2 Å². The molecule has 0 radical (unpaired) electrons. The molecular formula is C14H20N2O3S. The molecule has 0 aliphatic carbocycles. The molecule has 0 atom stereocenters. The second-order valence-electron chi connectivity index (χ2n) is 4.80. The molecule has 1 rings (SSSR count). The lowest BCUT2D eigenvalue weighted by Crippen LogP contribution is -2.39. The van der Waals surface area contributed by atoms with Crippen molar-refractivity contribution in [2.45, 2.75) is 31.6 Å². The van der Waals surface area contributed by atoms with E-state index in [4.69, 9.17) is 5.26 Å². The molecule has 0 aliphatic rings. The zero-order valence-electron chi connectivity index (χ0n) is 11.8. The number of sulfonamides is 1. The standard InChI is InChI=1S/C14H20N2O3S/c1-3-14(4-2,11-17)10-16-20(18,19)13-8-6-5-7-12(13)9-15/h5-8,16-17H,3-4,10-11H2,1-2H3. The first-order valence-electron chi connectivity index (χ1n) is 6.54. The van der Waals surface area contributed by atoms with Crippen LogP contribution in [-0.4, -0.2) is 26.7 Å². The van der Waals surface area contributed by atoms with E-state index in [0.29, 0.717) is 12.8 Å². The van der Waals surface area contributed by atoms with Gasteiger partial charge in [0.1, 0.15) is 6.07 Å². The summed E-state index contributed by atoms with van der Waals surface area (Å²) in [4.78, 5) is -0.0263. The van der Waals surface area contributed by atoms with E-state index in [1.165, 1.54) is 12.1 Å². The first kappa shape index (κ1) is 16.6. The third-order valence-electron chi connectivity index (χ3n) is 3.77. The van der Waals surface area contributed by atoms with Gasteiger partial charge < -0.3 is 5.11 Å². The third kappa shape index (κ3) is 3.57. The summed E-state index contributed by atoms with van der Waals surface area (Å²) in [7, 11) is -3.75. The molecule has 1 aromatic rings. The summed E-state index contributed by atoms with van der Waals surface area (Å²) in [6.07, 6.45) is 1.34. The van der Waals surface area contributed by atoms with Crippen molar-refractivity contribution in [3.8, 4) is 6.07 Å². The van der Waals surface area contributed by atoms with Crippen LogP contribution in [0.15, 0.2) is 29.2 Å². The Kier molecular flexibility index (Phi) is 5.69. The van der Waals surface area contributed by atoms with Crippen LogP contribution in [0.5, 0.6) is 0 Å². The Morgan fingerprint density at radius 1 is 1.30 bits per heavy atom. The average Bonchev–Trinajstić information content (AvgIpc) is 2.49. The molecule has 0 fully saturated rings. The molecule has 0 saturated carbocycles. The van der Waals surface area contributed by atoms with Gasteiger partial charge >= 0.3 is 0 Å². The van der Waals surface area contributed by atoms with E-state index in [9.17, 15) is 13.5 Å². The van der Waals surface area contributed by atoms with Gasteiger partial charge in [0.25, 0.3) is 0 Å². The minimum atomic E-state index is -3.75. The molecule has 0 aromatic heterocycles. The summed E-state index contributed by atoms with van der Waals surface area (Å²) in [5.74, 6) is 0. The molecular weight excluding hydrogens is 276 g/mol. The third-order valence-corrected chi connectivity index (χ3v) is 5.23. The molecule has 110 valence electrons. The quantitative estimate of drug-likeness (QED) is 0.800. The van der Waals surface area contributed by atoms with Crippen LogP contribution >= 0.6 is 0 Å². The molecule has 6 heteroatoms. The van der Waals surface area contributed by atoms with Gasteiger partial charge in [-0.05, 0) is 25.0 Å². The van der Waals surface area contributed by atoms with Crippen molar-refractivity contribution in [3.05, 3.63) is 29.8 Å². The lowest BCUT2D eigenvalue weighted by atomic mass is 9.84. The molecule has 0 saturated heterocycles. The highest BCUT2D eigenvalue weighted by molar-refractivity contribution is 7.89. The lowest BCUT2D eigenvalue weighted by molar-refractivity contribution is 0.119.